The highest BCUT2D eigenvalue weighted by molar-refractivity contribution is 7.14. The first-order valence-corrected chi connectivity index (χ1v) is 11.5. The van der Waals surface area contributed by atoms with Crippen LogP contribution in [0.3, 0.4) is 0 Å². The summed E-state index contributed by atoms with van der Waals surface area (Å²) in [5, 5.41) is 13.3. The second kappa shape index (κ2) is 8.42. The van der Waals surface area contributed by atoms with Gasteiger partial charge in [0.15, 0.2) is 5.13 Å². The highest BCUT2D eigenvalue weighted by Crippen LogP contribution is 2.43. The number of amides is 1. The van der Waals surface area contributed by atoms with Crippen LogP contribution in [-0.4, -0.2) is 41.0 Å². The summed E-state index contributed by atoms with van der Waals surface area (Å²) in [4.78, 5) is 43.6. The number of methoxy groups -OCH3 is 1. The third-order valence-corrected chi connectivity index (χ3v) is 6.66. The summed E-state index contributed by atoms with van der Waals surface area (Å²) in [5.74, 6) is -1.63. The average Bonchev–Trinajstić information content (AvgIpc) is 3.56. The summed E-state index contributed by atoms with van der Waals surface area (Å²) in [5.41, 5.74) is 2.17. The van der Waals surface area contributed by atoms with E-state index in [0.717, 1.165) is 11.3 Å². The van der Waals surface area contributed by atoms with Crippen LogP contribution < -0.4 is 9.64 Å². The van der Waals surface area contributed by atoms with E-state index < -0.39 is 23.7 Å². The molecular formula is C25H20N2O6S. The number of aliphatic hydroxyl groups is 1. The molecule has 34 heavy (non-hydrogen) atoms. The summed E-state index contributed by atoms with van der Waals surface area (Å²) in [6.45, 7) is 1.96. The van der Waals surface area contributed by atoms with Crippen molar-refractivity contribution < 1.29 is 29.0 Å². The number of ether oxygens (including phenoxy) is 2. The number of thiazole rings is 1. The van der Waals surface area contributed by atoms with Gasteiger partial charge in [-0.1, -0.05) is 12.1 Å². The van der Waals surface area contributed by atoms with Gasteiger partial charge in [-0.05, 0) is 48.4 Å². The summed E-state index contributed by atoms with van der Waals surface area (Å²) >= 11 is 1.21. The quantitative estimate of drug-likeness (QED) is 0.264. The lowest BCUT2D eigenvalue weighted by Gasteiger charge is -2.23. The number of carbonyl (C=O) groups is 3. The van der Waals surface area contributed by atoms with E-state index in [2.05, 4.69) is 4.98 Å². The molecule has 5 rings (SSSR count). The van der Waals surface area contributed by atoms with E-state index in [1.165, 1.54) is 23.3 Å². The number of benzene rings is 2. The maximum absolute atomic E-state index is 13.2. The number of fused-ring (bicyclic) bond motifs is 1. The van der Waals surface area contributed by atoms with E-state index in [0.29, 0.717) is 28.2 Å². The van der Waals surface area contributed by atoms with Crippen molar-refractivity contribution in [1.82, 2.24) is 4.98 Å². The zero-order chi connectivity index (χ0) is 24.0. The molecule has 172 valence electrons. The molecule has 2 aromatic carbocycles. The van der Waals surface area contributed by atoms with Gasteiger partial charge in [-0.3, -0.25) is 14.5 Å². The summed E-state index contributed by atoms with van der Waals surface area (Å²) in [6, 6.07) is 10.7. The number of carbonyl (C=O) groups excluding carboxylic acids is 3. The summed E-state index contributed by atoms with van der Waals surface area (Å²) < 4.78 is 10.5. The Morgan fingerprint density at radius 3 is 2.59 bits per heavy atom. The Morgan fingerprint density at radius 2 is 1.91 bits per heavy atom. The minimum atomic E-state index is -0.915. The predicted molar refractivity (Wildman–Crippen MR) is 125 cm³/mol. The fraction of sp³-hybridized carbons (Fsp3) is 0.200. The van der Waals surface area contributed by atoms with Gasteiger partial charge in [0.2, 0.25) is 0 Å². The van der Waals surface area contributed by atoms with Crippen molar-refractivity contribution in [2.24, 2.45) is 0 Å². The van der Waals surface area contributed by atoms with Crippen molar-refractivity contribution in [3.05, 3.63) is 81.9 Å². The van der Waals surface area contributed by atoms with E-state index in [4.69, 9.17) is 9.47 Å². The first-order chi connectivity index (χ1) is 16.4. The average molecular weight is 477 g/mol. The normalized spacial score (nSPS) is 20.8. The molecule has 9 heteroatoms. The molecular weight excluding hydrogens is 456 g/mol. The van der Waals surface area contributed by atoms with Crippen molar-refractivity contribution in [2.45, 2.75) is 25.5 Å². The Bertz CT molecular complexity index is 1330. The Morgan fingerprint density at radius 1 is 1.18 bits per heavy atom. The van der Waals surface area contributed by atoms with Crippen LogP contribution in [0.4, 0.5) is 5.13 Å². The molecule has 1 saturated heterocycles. The second-order valence-electron chi connectivity index (χ2n) is 8.05. The fourth-order valence-electron chi connectivity index (χ4n) is 4.32. The zero-order valence-corrected chi connectivity index (χ0v) is 19.2. The van der Waals surface area contributed by atoms with Gasteiger partial charge in [0.1, 0.15) is 17.6 Å². The van der Waals surface area contributed by atoms with Gasteiger partial charge in [0.05, 0.1) is 24.3 Å². The molecule has 3 aromatic rings. The molecule has 2 atom stereocenters. The van der Waals surface area contributed by atoms with Crippen molar-refractivity contribution in [3.63, 3.8) is 0 Å². The number of aromatic nitrogens is 1. The van der Waals surface area contributed by atoms with E-state index in [9.17, 15) is 19.5 Å². The minimum Gasteiger partial charge on any atom is -0.507 e. The first-order valence-electron chi connectivity index (χ1n) is 10.6. The molecule has 0 radical (unpaired) electrons. The van der Waals surface area contributed by atoms with Crippen LogP contribution >= 0.6 is 11.3 Å². The lowest BCUT2D eigenvalue weighted by atomic mass is 9.94. The molecule has 2 aliphatic rings. The van der Waals surface area contributed by atoms with Gasteiger partial charge >= 0.3 is 11.9 Å². The summed E-state index contributed by atoms with van der Waals surface area (Å²) in [6.07, 6.45) is 2.25. The summed E-state index contributed by atoms with van der Waals surface area (Å²) in [7, 11) is 1.29. The maximum atomic E-state index is 13.2. The number of Topliss-reactive ketones (excluding diaryl/α,β-unsaturated/α-hetero) is 1. The molecule has 1 N–H and O–H groups in total. The van der Waals surface area contributed by atoms with Gasteiger partial charge in [-0.25, -0.2) is 9.78 Å². The number of anilines is 1. The Kier molecular flexibility index (Phi) is 5.41. The number of nitrogens with zero attached hydrogens (tertiary/aromatic N) is 2. The Balaban J connectivity index is 1.65. The molecule has 0 unspecified atom stereocenters. The van der Waals surface area contributed by atoms with Gasteiger partial charge in [0.25, 0.3) is 5.78 Å². The first kappa shape index (κ1) is 21.8. The molecule has 0 bridgehead atoms. The van der Waals surface area contributed by atoms with E-state index >= 15 is 0 Å². The highest BCUT2D eigenvalue weighted by Gasteiger charge is 2.48. The van der Waals surface area contributed by atoms with Crippen LogP contribution in [0.1, 0.15) is 40.0 Å². The molecule has 2 aliphatic heterocycles. The number of aliphatic hydroxyl groups excluding tert-OH is 1. The lowest BCUT2D eigenvalue weighted by Crippen LogP contribution is -2.29. The molecule has 3 heterocycles. The molecule has 1 fully saturated rings. The van der Waals surface area contributed by atoms with Crippen LogP contribution in [0, 0.1) is 0 Å². The van der Waals surface area contributed by atoms with Crippen molar-refractivity contribution in [2.75, 3.05) is 12.0 Å². The monoisotopic (exact) mass is 476 g/mol. The van der Waals surface area contributed by atoms with Gasteiger partial charge in [-0.2, -0.15) is 0 Å². The van der Waals surface area contributed by atoms with E-state index in [1.807, 2.05) is 6.92 Å². The largest absolute Gasteiger partial charge is 0.507 e. The third kappa shape index (κ3) is 3.54. The Hall–Kier alpha value is -3.98. The van der Waals surface area contributed by atoms with Crippen LogP contribution in [0.15, 0.2) is 59.6 Å². The molecule has 0 aliphatic carbocycles. The molecule has 0 spiro atoms. The van der Waals surface area contributed by atoms with Crippen LogP contribution in [0.5, 0.6) is 5.75 Å². The standard InChI is InChI=1S/C25H20N2O6S/c1-13-11-17-12-16(7-8-18(17)33-13)21(28)19-20(14-3-5-15(6-4-14)24(31)32-2)27(23(30)22(19)29)25-26-9-10-34-25/h3-10,12-13,20,28H,11H2,1-2H3/b21-19+/t13-,20-/m0/s1. The van der Waals surface area contributed by atoms with Crippen LogP contribution in [0.2, 0.25) is 0 Å². The second-order valence-corrected chi connectivity index (χ2v) is 8.93. The van der Waals surface area contributed by atoms with Crippen LogP contribution in [-0.2, 0) is 20.7 Å². The zero-order valence-electron chi connectivity index (χ0n) is 18.3. The molecule has 8 nitrogen and oxygen atoms in total. The van der Waals surface area contributed by atoms with Gasteiger partial charge in [0, 0.05) is 23.6 Å². The van der Waals surface area contributed by atoms with Crippen molar-refractivity contribution in [1.29, 1.82) is 0 Å². The Labute approximate surface area is 199 Å². The van der Waals surface area contributed by atoms with Crippen molar-refractivity contribution in [3.8, 4) is 5.75 Å². The number of esters is 1. The molecule has 1 aromatic heterocycles. The highest BCUT2D eigenvalue weighted by atomic mass is 32.1. The molecule has 1 amide bonds. The van der Waals surface area contributed by atoms with Gasteiger partial charge < -0.3 is 14.6 Å². The van der Waals surface area contributed by atoms with Crippen molar-refractivity contribution >= 4 is 39.9 Å². The fourth-order valence-corrected chi connectivity index (χ4v) is 4.99. The molecule has 0 saturated carbocycles. The lowest BCUT2D eigenvalue weighted by molar-refractivity contribution is -0.132. The number of hydrogen-bond acceptors (Lipinski definition) is 8. The maximum Gasteiger partial charge on any atom is 0.337 e. The number of hydrogen-bond donors (Lipinski definition) is 1. The SMILES string of the molecule is COC(=O)c1ccc([C@H]2/C(=C(\O)c3ccc4c(c3)C[C@H](C)O4)C(=O)C(=O)N2c2nccs2)cc1. The predicted octanol–water partition coefficient (Wildman–Crippen LogP) is 3.88. The number of ketones is 1. The third-order valence-electron chi connectivity index (χ3n) is 5.89. The van der Waals surface area contributed by atoms with E-state index in [1.54, 1.807) is 54.0 Å². The smallest absolute Gasteiger partial charge is 0.337 e. The van der Waals surface area contributed by atoms with Crippen LogP contribution in [0.25, 0.3) is 5.76 Å². The minimum absolute atomic E-state index is 0.0243. The topological polar surface area (TPSA) is 106 Å². The number of rotatable bonds is 4. The van der Waals surface area contributed by atoms with Gasteiger partial charge in [-0.15, -0.1) is 11.3 Å². The van der Waals surface area contributed by atoms with E-state index in [-0.39, 0.29) is 17.4 Å².